The van der Waals surface area contributed by atoms with Crippen molar-refractivity contribution in [1.82, 2.24) is 4.98 Å². The third kappa shape index (κ3) is 3.59. The zero-order valence-electron chi connectivity index (χ0n) is 8.84. The minimum Gasteiger partial charge on any atom is -0.249 e. The number of aromatic nitrogens is 1. The van der Waals surface area contributed by atoms with E-state index in [-0.39, 0.29) is 5.75 Å². The number of fused-ring (bicyclic) bond motifs is 1. The SMILES string of the molecule is O=S(=O)(Cl)CCSc1nccc2ccccc12. The van der Waals surface area contributed by atoms with E-state index in [0.29, 0.717) is 5.75 Å². The van der Waals surface area contributed by atoms with Gasteiger partial charge in [0, 0.05) is 28.0 Å². The minimum absolute atomic E-state index is 0.0515. The van der Waals surface area contributed by atoms with E-state index in [2.05, 4.69) is 4.98 Å². The summed E-state index contributed by atoms with van der Waals surface area (Å²) in [5, 5.41) is 2.97. The van der Waals surface area contributed by atoms with Crippen molar-refractivity contribution in [2.24, 2.45) is 0 Å². The lowest BCUT2D eigenvalue weighted by Gasteiger charge is -2.03. The van der Waals surface area contributed by atoms with Gasteiger partial charge >= 0.3 is 0 Å². The first-order chi connectivity index (χ1) is 8.06. The van der Waals surface area contributed by atoms with Crippen LogP contribution >= 0.6 is 22.4 Å². The number of nitrogens with zero attached hydrogens (tertiary/aromatic N) is 1. The summed E-state index contributed by atoms with van der Waals surface area (Å²) in [5.41, 5.74) is 0. The maximum atomic E-state index is 10.8. The average Bonchev–Trinajstić information content (AvgIpc) is 2.28. The molecule has 0 unspecified atom stereocenters. The number of rotatable bonds is 4. The Balaban J connectivity index is 2.19. The molecule has 1 heterocycles. The molecule has 0 atom stereocenters. The molecular weight excluding hydrogens is 278 g/mol. The first kappa shape index (κ1) is 12.7. The second-order valence-corrected chi connectivity index (χ2v) is 7.41. The van der Waals surface area contributed by atoms with Crippen molar-refractivity contribution in [3.05, 3.63) is 36.5 Å². The Morgan fingerprint density at radius 1 is 1.24 bits per heavy atom. The molecule has 0 spiro atoms. The number of hydrogen-bond donors (Lipinski definition) is 0. The number of benzene rings is 1. The molecular formula is C11H10ClNO2S2. The van der Waals surface area contributed by atoms with Crippen LogP contribution in [0.25, 0.3) is 10.8 Å². The normalized spacial score (nSPS) is 11.8. The van der Waals surface area contributed by atoms with Gasteiger partial charge in [0.25, 0.3) is 0 Å². The lowest BCUT2D eigenvalue weighted by Crippen LogP contribution is -1.99. The van der Waals surface area contributed by atoms with Crippen molar-refractivity contribution in [3.8, 4) is 0 Å². The maximum Gasteiger partial charge on any atom is 0.233 e. The van der Waals surface area contributed by atoms with Crippen molar-refractivity contribution in [3.63, 3.8) is 0 Å². The first-order valence-electron chi connectivity index (χ1n) is 4.95. The summed E-state index contributed by atoms with van der Waals surface area (Å²) in [6, 6.07) is 9.79. The maximum absolute atomic E-state index is 10.8. The molecule has 0 bridgehead atoms. The molecule has 0 aliphatic carbocycles. The molecule has 0 radical (unpaired) electrons. The average molecular weight is 288 g/mol. The van der Waals surface area contributed by atoms with E-state index in [0.717, 1.165) is 15.8 Å². The summed E-state index contributed by atoms with van der Waals surface area (Å²) in [4.78, 5) is 4.25. The molecule has 3 nitrogen and oxygen atoms in total. The van der Waals surface area contributed by atoms with E-state index in [1.54, 1.807) is 6.20 Å². The fraction of sp³-hybridized carbons (Fsp3) is 0.182. The first-order valence-corrected chi connectivity index (χ1v) is 8.41. The number of hydrogen-bond acceptors (Lipinski definition) is 4. The Kier molecular flexibility index (Phi) is 3.91. The predicted octanol–water partition coefficient (Wildman–Crippen LogP) is 2.90. The quantitative estimate of drug-likeness (QED) is 0.641. The van der Waals surface area contributed by atoms with Gasteiger partial charge in [-0.1, -0.05) is 24.3 Å². The Bertz CT molecular complexity index is 623. The Morgan fingerprint density at radius 3 is 2.76 bits per heavy atom. The highest BCUT2D eigenvalue weighted by atomic mass is 35.7. The van der Waals surface area contributed by atoms with Crippen LogP contribution in [0.4, 0.5) is 0 Å². The van der Waals surface area contributed by atoms with Gasteiger partial charge in [-0.15, -0.1) is 11.8 Å². The number of halogens is 1. The molecule has 1 aromatic heterocycles. The molecule has 2 rings (SSSR count). The fourth-order valence-electron chi connectivity index (χ4n) is 1.44. The van der Waals surface area contributed by atoms with Crippen LogP contribution in [0.5, 0.6) is 0 Å². The molecule has 6 heteroatoms. The van der Waals surface area contributed by atoms with Crippen LogP contribution in [0.15, 0.2) is 41.6 Å². The van der Waals surface area contributed by atoms with Gasteiger partial charge in [0.1, 0.15) is 5.03 Å². The lowest BCUT2D eigenvalue weighted by molar-refractivity contribution is 0.611. The molecule has 0 aliphatic heterocycles. The van der Waals surface area contributed by atoms with Crippen LogP contribution < -0.4 is 0 Å². The van der Waals surface area contributed by atoms with Crippen molar-refractivity contribution in [2.45, 2.75) is 5.03 Å². The van der Waals surface area contributed by atoms with Crippen LogP contribution in [-0.2, 0) is 9.05 Å². The molecule has 0 saturated carbocycles. The van der Waals surface area contributed by atoms with Crippen LogP contribution in [0.3, 0.4) is 0 Å². The topological polar surface area (TPSA) is 47.0 Å². The Morgan fingerprint density at radius 2 is 2.00 bits per heavy atom. The molecule has 90 valence electrons. The highest BCUT2D eigenvalue weighted by molar-refractivity contribution is 8.14. The van der Waals surface area contributed by atoms with Gasteiger partial charge in [0.2, 0.25) is 9.05 Å². The van der Waals surface area contributed by atoms with E-state index in [1.807, 2.05) is 30.3 Å². The van der Waals surface area contributed by atoms with Crippen LogP contribution in [-0.4, -0.2) is 24.9 Å². The molecule has 17 heavy (non-hydrogen) atoms. The van der Waals surface area contributed by atoms with Gasteiger partial charge in [-0.25, -0.2) is 13.4 Å². The number of thioether (sulfide) groups is 1. The number of pyridine rings is 1. The summed E-state index contributed by atoms with van der Waals surface area (Å²) in [6.45, 7) is 0. The van der Waals surface area contributed by atoms with Gasteiger partial charge in [-0.2, -0.15) is 0 Å². The highest BCUT2D eigenvalue weighted by Crippen LogP contribution is 2.25. The molecule has 0 N–H and O–H groups in total. The van der Waals surface area contributed by atoms with Crippen LogP contribution in [0.2, 0.25) is 0 Å². The molecule has 0 fully saturated rings. The van der Waals surface area contributed by atoms with Gasteiger partial charge in [0.15, 0.2) is 0 Å². The summed E-state index contributed by atoms with van der Waals surface area (Å²) in [5.74, 6) is 0.358. The van der Waals surface area contributed by atoms with Crippen molar-refractivity contribution in [1.29, 1.82) is 0 Å². The summed E-state index contributed by atoms with van der Waals surface area (Å²) in [6.07, 6.45) is 1.72. The van der Waals surface area contributed by atoms with E-state index < -0.39 is 9.05 Å². The van der Waals surface area contributed by atoms with Crippen LogP contribution in [0.1, 0.15) is 0 Å². The monoisotopic (exact) mass is 287 g/mol. The largest absolute Gasteiger partial charge is 0.249 e. The zero-order chi connectivity index (χ0) is 12.3. The van der Waals surface area contributed by atoms with Crippen molar-refractivity contribution >= 4 is 42.3 Å². The summed E-state index contributed by atoms with van der Waals surface area (Å²) in [7, 11) is 1.73. The third-order valence-electron chi connectivity index (χ3n) is 2.20. The summed E-state index contributed by atoms with van der Waals surface area (Å²) >= 11 is 1.40. The van der Waals surface area contributed by atoms with Gasteiger partial charge < -0.3 is 0 Å². The van der Waals surface area contributed by atoms with E-state index in [9.17, 15) is 8.42 Å². The Labute approximate surface area is 109 Å². The molecule has 2 aromatic rings. The second kappa shape index (κ2) is 5.25. The standard InChI is InChI=1S/C11H10ClNO2S2/c12-17(14,15)8-7-16-11-10-4-2-1-3-9(10)5-6-13-11/h1-6H,7-8H2. The van der Waals surface area contributed by atoms with Crippen LogP contribution in [0, 0.1) is 0 Å². The van der Waals surface area contributed by atoms with E-state index in [4.69, 9.17) is 10.7 Å². The van der Waals surface area contributed by atoms with Gasteiger partial charge in [-0.05, 0) is 11.5 Å². The van der Waals surface area contributed by atoms with Gasteiger partial charge in [-0.3, -0.25) is 0 Å². The van der Waals surface area contributed by atoms with Gasteiger partial charge in [0.05, 0.1) is 5.75 Å². The Hall–Kier alpha value is -0.780. The molecule has 1 aromatic carbocycles. The summed E-state index contributed by atoms with van der Waals surface area (Å²) < 4.78 is 21.6. The fourth-order valence-corrected chi connectivity index (χ4v) is 3.81. The highest BCUT2D eigenvalue weighted by Gasteiger charge is 2.07. The molecule has 0 aliphatic rings. The van der Waals surface area contributed by atoms with E-state index >= 15 is 0 Å². The van der Waals surface area contributed by atoms with Crippen molar-refractivity contribution < 1.29 is 8.42 Å². The zero-order valence-corrected chi connectivity index (χ0v) is 11.2. The smallest absolute Gasteiger partial charge is 0.233 e. The predicted molar refractivity (Wildman–Crippen MR) is 72.1 cm³/mol. The minimum atomic E-state index is -3.42. The lowest BCUT2D eigenvalue weighted by atomic mass is 10.2. The molecule has 0 saturated heterocycles. The third-order valence-corrected chi connectivity index (χ3v) is 4.62. The second-order valence-electron chi connectivity index (χ2n) is 3.43. The van der Waals surface area contributed by atoms with E-state index in [1.165, 1.54) is 11.8 Å². The van der Waals surface area contributed by atoms with Crippen molar-refractivity contribution in [2.75, 3.05) is 11.5 Å². The molecule has 0 amide bonds.